The molecule has 2 fully saturated rings. The monoisotopic (exact) mass is 167 g/mol. The van der Waals surface area contributed by atoms with E-state index in [4.69, 9.17) is 0 Å². The van der Waals surface area contributed by atoms with E-state index in [1.165, 1.54) is 51.6 Å². The Hall–Kier alpha value is -0.0400. The van der Waals surface area contributed by atoms with Crippen LogP contribution in [0.5, 0.6) is 0 Å². The SMILES string of the molecule is CCCC(C1CCC1)N1CCC1. The Morgan fingerprint density at radius 3 is 2.33 bits per heavy atom. The molecule has 1 unspecified atom stereocenters. The molecular formula is C11H21N. The van der Waals surface area contributed by atoms with Gasteiger partial charge in [-0.05, 0) is 44.7 Å². The molecule has 2 rings (SSSR count). The molecule has 1 aliphatic carbocycles. The Bertz CT molecular complexity index is 122. The van der Waals surface area contributed by atoms with Gasteiger partial charge in [0.05, 0.1) is 0 Å². The van der Waals surface area contributed by atoms with Crippen LogP contribution in [0.1, 0.15) is 45.4 Å². The van der Waals surface area contributed by atoms with Gasteiger partial charge in [0.2, 0.25) is 0 Å². The van der Waals surface area contributed by atoms with Gasteiger partial charge in [-0.2, -0.15) is 0 Å². The van der Waals surface area contributed by atoms with Gasteiger partial charge in [-0.25, -0.2) is 0 Å². The number of hydrogen-bond acceptors (Lipinski definition) is 1. The molecule has 1 saturated carbocycles. The van der Waals surface area contributed by atoms with E-state index in [0.717, 1.165) is 12.0 Å². The predicted octanol–water partition coefficient (Wildman–Crippen LogP) is 2.66. The molecule has 1 atom stereocenters. The van der Waals surface area contributed by atoms with E-state index in [1.807, 2.05) is 0 Å². The van der Waals surface area contributed by atoms with Gasteiger partial charge in [-0.1, -0.05) is 19.8 Å². The van der Waals surface area contributed by atoms with Crippen molar-refractivity contribution in [2.75, 3.05) is 13.1 Å². The van der Waals surface area contributed by atoms with Crippen LogP contribution in [0.15, 0.2) is 0 Å². The molecule has 1 saturated heterocycles. The minimum absolute atomic E-state index is 0.970. The van der Waals surface area contributed by atoms with Crippen LogP contribution in [0.3, 0.4) is 0 Å². The summed E-state index contributed by atoms with van der Waals surface area (Å²) in [6.07, 6.45) is 8.80. The summed E-state index contributed by atoms with van der Waals surface area (Å²) in [5.74, 6) is 1.07. The fourth-order valence-corrected chi connectivity index (χ4v) is 2.51. The maximum Gasteiger partial charge on any atom is 0.0123 e. The number of likely N-dealkylation sites (tertiary alicyclic amines) is 1. The minimum Gasteiger partial charge on any atom is -0.300 e. The third-order valence-electron chi connectivity index (χ3n) is 3.64. The molecule has 0 amide bonds. The lowest BCUT2D eigenvalue weighted by molar-refractivity contribution is 0.0413. The number of rotatable bonds is 4. The molecule has 70 valence electrons. The quantitative estimate of drug-likeness (QED) is 0.622. The Morgan fingerprint density at radius 2 is 2.00 bits per heavy atom. The molecule has 1 heterocycles. The maximum absolute atomic E-state index is 2.72. The third kappa shape index (κ3) is 1.52. The van der Waals surface area contributed by atoms with Crippen molar-refractivity contribution in [3.8, 4) is 0 Å². The smallest absolute Gasteiger partial charge is 0.0123 e. The van der Waals surface area contributed by atoms with Crippen LogP contribution in [-0.4, -0.2) is 24.0 Å². The van der Waals surface area contributed by atoms with E-state index in [1.54, 1.807) is 0 Å². The summed E-state index contributed by atoms with van der Waals surface area (Å²) < 4.78 is 0. The second-order valence-electron chi connectivity index (χ2n) is 4.44. The molecule has 0 aromatic carbocycles. The molecule has 1 aliphatic heterocycles. The van der Waals surface area contributed by atoms with Crippen LogP contribution in [-0.2, 0) is 0 Å². The van der Waals surface area contributed by atoms with Crippen LogP contribution < -0.4 is 0 Å². The van der Waals surface area contributed by atoms with Gasteiger partial charge in [-0.15, -0.1) is 0 Å². The average molecular weight is 167 g/mol. The van der Waals surface area contributed by atoms with Crippen LogP contribution in [0.25, 0.3) is 0 Å². The summed E-state index contributed by atoms with van der Waals surface area (Å²) in [5.41, 5.74) is 0. The lowest BCUT2D eigenvalue weighted by Gasteiger charge is -2.45. The van der Waals surface area contributed by atoms with Crippen molar-refractivity contribution >= 4 is 0 Å². The lowest BCUT2D eigenvalue weighted by atomic mass is 9.77. The van der Waals surface area contributed by atoms with Crippen LogP contribution in [0.4, 0.5) is 0 Å². The van der Waals surface area contributed by atoms with E-state index >= 15 is 0 Å². The Labute approximate surface area is 76.1 Å². The summed E-state index contributed by atoms with van der Waals surface area (Å²) in [7, 11) is 0. The molecule has 0 N–H and O–H groups in total. The highest BCUT2D eigenvalue weighted by Gasteiger charge is 2.33. The van der Waals surface area contributed by atoms with Gasteiger partial charge >= 0.3 is 0 Å². The molecule has 2 aliphatic rings. The van der Waals surface area contributed by atoms with Crippen molar-refractivity contribution in [1.29, 1.82) is 0 Å². The molecule has 12 heavy (non-hydrogen) atoms. The van der Waals surface area contributed by atoms with Crippen LogP contribution in [0, 0.1) is 5.92 Å². The molecule has 0 bridgehead atoms. The summed E-state index contributed by atoms with van der Waals surface area (Å²) in [5, 5.41) is 0. The van der Waals surface area contributed by atoms with E-state index in [2.05, 4.69) is 11.8 Å². The highest BCUT2D eigenvalue weighted by atomic mass is 15.2. The van der Waals surface area contributed by atoms with Crippen molar-refractivity contribution in [2.24, 2.45) is 5.92 Å². The third-order valence-corrected chi connectivity index (χ3v) is 3.64. The maximum atomic E-state index is 2.72. The Balaban J connectivity index is 1.82. The topological polar surface area (TPSA) is 3.24 Å². The fourth-order valence-electron chi connectivity index (χ4n) is 2.51. The first kappa shape index (κ1) is 8.55. The Morgan fingerprint density at radius 1 is 1.25 bits per heavy atom. The second kappa shape index (κ2) is 3.78. The average Bonchev–Trinajstić information content (AvgIpc) is 1.79. The van der Waals surface area contributed by atoms with E-state index in [0.29, 0.717) is 0 Å². The van der Waals surface area contributed by atoms with Gasteiger partial charge < -0.3 is 4.90 Å². The molecule has 1 nitrogen and oxygen atoms in total. The first-order valence-corrected chi connectivity index (χ1v) is 5.66. The van der Waals surface area contributed by atoms with Gasteiger partial charge in [0.1, 0.15) is 0 Å². The van der Waals surface area contributed by atoms with Crippen molar-refractivity contribution in [1.82, 2.24) is 4.90 Å². The van der Waals surface area contributed by atoms with Crippen molar-refractivity contribution in [2.45, 2.75) is 51.5 Å². The van der Waals surface area contributed by atoms with E-state index < -0.39 is 0 Å². The van der Waals surface area contributed by atoms with E-state index in [9.17, 15) is 0 Å². The van der Waals surface area contributed by atoms with Gasteiger partial charge in [0.25, 0.3) is 0 Å². The summed E-state index contributed by atoms with van der Waals surface area (Å²) in [6.45, 7) is 5.10. The summed E-state index contributed by atoms with van der Waals surface area (Å²) in [6, 6.07) is 0.970. The van der Waals surface area contributed by atoms with Crippen molar-refractivity contribution in [3.05, 3.63) is 0 Å². The first-order chi connectivity index (χ1) is 5.92. The van der Waals surface area contributed by atoms with Crippen molar-refractivity contribution in [3.63, 3.8) is 0 Å². The highest BCUT2D eigenvalue weighted by Crippen LogP contribution is 2.35. The van der Waals surface area contributed by atoms with Gasteiger partial charge in [0.15, 0.2) is 0 Å². The zero-order chi connectivity index (χ0) is 8.39. The van der Waals surface area contributed by atoms with Crippen molar-refractivity contribution < 1.29 is 0 Å². The second-order valence-corrected chi connectivity index (χ2v) is 4.44. The zero-order valence-corrected chi connectivity index (χ0v) is 8.26. The lowest BCUT2D eigenvalue weighted by Crippen LogP contribution is -2.50. The van der Waals surface area contributed by atoms with Crippen LogP contribution in [0.2, 0.25) is 0 Å². The molecule has 0 radical (unpaired) electrons. The largest absolute Gasteiger partial charge is 0.300 e. The Kier molecular flexibility index (Phi) is 2.69. The number of hydrogen-bond donors (Lipinski definition) is 0. The normalized spacial score (nSPS) is 27.8. The standard InChI is InChI=1S/C11H21N/c1-2-5-11(10-6-3-7-10)12-8-4-9-12/h10-11H,2-9H2,1H3. The van der Waals surface area contributed by atoms with Crippen LogP contribution >= 0.6 is 0 Å². The molecule has 0 spiro atoms. The van der Waals surface area contributed by atoms with E-state index in [-0.39, 0.29) is 0 Å². The first-order valence-electron chi connectivity index (χ1n) is 5.66. The summed E-state index contributed by atoms with van der Waals surface area (Å²) in [4.78, 5) is 2.72. The predicted molar refractivity (Wildman–Crippen MR) is 52.2 cm³/mol. The molecule has 0 aromatic heterocycles. The fraction of sp³-hybridized carbons (Fsp3) is 1.00. The molecular weight excluding hydrogens is 146 g/mol. The minimum atomic E-state index is 0.970. The summed E-state index contributed by atoms with van der Waals surface area (Å²) >= 11 is 0. The van der Waals surface area contributed by atoms with Gasteiger partial charge in [-0.3, -0.25) is 0 Å². The zero-order valence-electron chi connectivity index (χ0n) is 8.26. The van der Waals surface area contributed by atoms with Gasteiger partial charge in [0, 0.05) is 6.04 Å². The molecule has 0 aromatic rings. The highest BCUT2D eigenvalue weighted by molar-refractivity contribution is 4.87. The number of nitrogens with zero attached hydrogens (tertiary/aromatic N) is 1. The molecule has 1 heteroatoms.